The van der Waals surface area contributed by atoms with Crippen molar-refractivity contribution in [2.24, 2.45) is 0 Å². The lowest BCUT2D eigenvalue weighted by Gasteiger charge is -2.43. The molecule has 1 aromatic heterocycles. The second-order valence-electron chi connectivity index (χ2n) is 12.1. The molecule has 0 bridgehead atoms. The highest BCUT2D eigenvalue weighted by Crippen LogP contribution is 2.40. The van der Waals surface area contributed by atoms with Crippen LogP contribution in [0.4, 0.5) is 31.0 Å². The maximum absolute atomic E-state index is 16.8. The van der Waals surface area contributed by atoms with Crippen LogP contribution in [-0.2, 0) is 16.1 Å². The van der Waals surface area contributed by atoms with Crippen molar-refractivity contribution in [1.29, 1.82) is 0 Å². The van der Waals surface area contributed by atoms with E-state index in [1.807, 2.05) is 49.1 Å². The third-order valence-corrected chi connectivity index (χ3v) is 9.19. The first kappa shape index (κ1) is 38.2. The van der Waals surface area contributed by atoms with Crippen molar-refractivity contribution in [2.45, 2.75) is 39.3 Å². The van der Waals surface area contributed by atoms with Crippen LogP contribution in [0.15, 0.2) is 79.0 Å². The van der Waals surface area contributed by atoms with Gasteiger partial charge in [-0.2, -0.15) is 0 Å². The molecule has 5 rings (SSSR count). The van der Waals surface area contributed by atoms with Crippen LogP contribution in [-0.4, -0.2) is 78.7 Å². The van der Waals surface area contributed by atoms with Crippen molar-refractivity contribution in [2.75, 3.05) is 55.4 Å². The van der Waals surface area contributed by atoms with Crippen molar-refractivity contribution < 1.29 is 28.2 Å². The molecular formula is C38H41Cl2FN6O5. The molecule has 1 aliphatic rings. The molecule has 0 radical (unpaired) electrons. The van der Waals surface area contributed by atoms with Gasteiger partial charge in [0.1, 0.15) is 12.3 Å². The van der Waals surface area contributed by atoms with Crippen molar-refractivity contribution in [1.82, 2.24) is 14.8 Å². The summed E-state index contributed by atoms with van der Waals surface area (Å²) in [5.74, 6) is -0.901. The molecule has 2 N–H and O–H groups in total. The van der Waals surface area contributed by atoms with Gasteiger partial charge < -0.3 is 34.8 Å². The molecule has 4 aromatic rings. The number of rotatable bonds is 12. The monoisotopic (exact) mass is 750 g/mol. The van der Waals surface area contributed by atoms with E-state index < -0.39 is 17.8 Å². The van der Waals surface area contributed by atoms with Crippen LogP contribution in [0.25, 0.3) is 11.1 Å². The van der Waals surface area contributed by atoms with Gasteiger partial charge in [-0.05, 0) is 61.4 Å². The van der Waals surface area contributed by atoms with E-state index in [-0.39, 0.29) is 48.8 Å². The van der Waals surface area contributed by atoms with Crippen molar-refractivity contribution in [3.8, 4) is 17.0 Å². The number of pyridine rings is 1. The minimum Gasteiger partial charge on any atom is -0.478 e. The molecule has 0 unspecified atom stereocenters. The molecule has 52 heavy (non-hydrogen) atoms. The van der Waals surface area contributed by atoms with E-state index in [1.165, 1.54) is 11.9 Å². The summed E-state index contributed by atoms with van der Waals surface area (Å²) < 4.78 is 27.8. The molecule has 0 spiro atoms. The normalized spacial score (nSPS) is 14.1. The number of anilines is 3. The standard InChI is InChI=1S/C38H41Cl2FN6O5/c1-4-27-23-46(37(49)43-31-15-13-26(39)22-30(31)40)20-21-47(27)32-16-14-28(29-12-9-18-42-36(29)51-5-2)34(41)35(32)44-33(48)17-19-45(3)38(50)52-24-25-10-7-6-8-11-25/h6-16,18,22,27H,4-5,17,19-21,23-24H2,1-3H3,(H,43,49)(H,44,48)/t27-/m1/s1. The van der Waals surface area contributed by atoms with E-state index in [2.05, 4.69) is 15.6 Å². The summed E-state index contributed by atoms with van der Waals surface area (Å²) in [4.78, 5) is 48.6. The number of aromatic nitrogens is 1. The third kappa shape index (κ3) is 9.42. The van der Waals surface area contributed by atoms with Crippen LogP contribution >= 0.6 is 23.2 Å². The molecule has 4 amide bonds. The average molecular weight is 752 g/mol. The molecule has 1 saturated heterocycles. The number of hydrogen-bond donors (Lipinski definition) is 2. The predicted molar refractivity (Wildman–Crippen MR) is 202 cm³/mol. The molecule has 0 aliphatic carbocycles. The molecule has 274 valence electrons. The van der Waals surface area contributed by atoms with E-state index in [4.69, 9.17) is 32.7 Å². The van der Waals surface area contributed by atoms with Crippen LogP contribution < -0.4 is 20.3 Å². The average Bonchev–Trinajstić information content (AvgIpc) is 3.15. The number of halogens is 3. The van der Waals surface area contributed by atoms with Gasteiger partial charge in [-0.3, -0.25) is 4.79 Å². The minimum absolute atomic E-state index is 0.0209. The molecule has 0 saturated carbocycles. The fraction of sp³-hybridized carbons (Fsp3) is 0.316. The van der Waals surface area contributed by atoms with Gasteiger partial charge in [-0.15, -0.1) is 0 Å². The van der Waals surface area contributed by atoms with Crippen LogP contribution in [0.1, 0.15) is 32.3 Å². The summed E-state index contributed by atoms with van der Waals surface area (Å²) in [5, 5.41) is 6.42. The number of urea groups is 1. The predicted octanol–water partition coefficient (Wildman–Crippen LogP) is 8.32. The van der Waals surface area contributed by atoms with Crippen molar-refractivity contribution in [3.05, 3.63) is 100 Å². The molecule has 3 aromatic carbocycles. The summed E-state index contributed by atoms with van der Waals surface area (Å²) in [5.41, 5.74) is 2.34. The molecule has 1 atom stereocenters. The van der Waals surface area contributed by atoms with Crippen LogP contribution in [0, 0.1) is 5.82 Å². The number of nitrogens with one attached hydrogen (secondary N) is 2. The van der Waals surface area contributed by atoms with Crippen LogP contribution in [0.5, 0.6) is 5.88 Å². The van der Waals surface area contributed by atoms with Crippen molar-refractivity contribution >= 4 is 58.3 Å². The molecule has 1 aliphatic heterocycles. The maximum atomic E-state index is 16.8. The Balaban J connectivity index is 1.36. The highest BCUT2D eigenvalue weighted by atomic mass is 35.5. The van der Waals surface area contributed by atoms with Gasteiger partial charge in [0.05, 0.1) is 23.0 Å². The number of piperazine rings is 1. The second-order valence-corrected chi connectivity index (χ2v) is 13.0. The Kier molecular flexibility index (Phi) is 13.2. The molecule has 14 heteroatoms. The Morgan fingerprint density at radius 2 is 1.77 bits per heavy atom. The van der Waals surface area contributed by atoms with E-state index in [0.717, 1.165) is 5.56 Å². The Labute approximate surface area is 312 Å². The number of amides is 4. The summed E-state index contributed by atoms with van der Waals surface area (Å²) in [7, 11) is 1.53. The zero-order valence-electron chi connectivity index (χ0n) is 29.2. The maximum Gasteiger partial charge on any atom is 0.409 e. The Morgan fingerprint density at radius 1 is 0.981 bits per heavy atom. The lowest BCUT2D eigenvalue weighted by Crippen LogP contribution is -2.55. The van der Waals surface area contributed by atoms with E-state index in [0.29, 0.717) is 59.6 Å². The lowest BCUT2D eigenvalue weighted by atomic mass is 10.0. The van der Waals surface area contributed by atoms with E-state index >= 15 is 4.39 Å². The summed E-state index contributed by atoms with van der Waals surface area (Å²) in [6.07, 6.45) is 1.48. The van der Waals surface area contributed by atoms with E-state index in [9.17, 15) is 14.4 Å². The van der Waals surface area contributed by atoms with Gasteiger partial charge in [0.15, 0.2) is 5.82 Å². The number of nitrogens with zero attached hydrogens (tertiary/aromatic N) is 4. The first-order valence-electron chi connectivity index (χ1n) is 17.0. The van der Waals surface area contributed by atoms with Crippen LogP contribution in [0.3, 0.4) is 0 Å². The largest absolute Gasteiger partial charge is 0.478 e. The van der Waals surface area contributed by atoms with Gasteiger partial charge >= 0.3 is 12.1 Å². The highest BCUT2D eigenvalue weighted by Gasteiger charge is 2.32. The highest BCUT2D eigenvalue weighted by molar-refractivity contribution is 6.36. The minimum atomic E-state index is -0.664. The van der Waals surface area contributed by atoms with Gasteiger partial charge in [-0.1, -0.05) is 60.5 Å². The first-order chi connectivity index (χ1) is 25.1. The summed E-state index contributed by atoms with van der Waals surface area (Å²) in [6, 6.07) is 20.3. The topological polar surface area (TPSA) is 116 Å². The van der Waals surface area contributed by atoms with Gasteiger partial charge in [0.2, 0.25) is 11.8 Å². The zero-order valence-corrected chi connectivity index (χ0v) is 30.7. The molecule has 11 nitrogen and oxygen atoms in total. The lowest BCUT2D eigenvalue weighted by molar-refractivity contribution is -0.116. The molecule has 2 heterocycles. The molecule has 1 fully saturated rings. The second kappa shape index (κ2) is 17.9. The Morgan fingerprint density at radius 3 is 2.50 bits per heavy atom. The summed E-state index contributed by atoms with van der Waals surface area (Å²) in [6.45, 7) is 5.26. The number of carbonyl (C=O) groups excluding carboxylic acids is 3. The van der Waals surface area contributed by atoms with Gasteiger partial charge in [0.25, 0.3) is 0 Å². The number of hydrogen-bond acceptors (Lipinski definition) is 7. The van der Waals surface area contributed by atoms with Gasteiger partial charge in [0, 0.05) is 68.0 Å². The van der Waals surface area contributed by atoms with Crippen LogP contribution in [0.2, 0.25) is 10.0 Å². The zero-order chi connectivity index (χ0) is 37.2. The van der Waals surface area contributed by atoms with Gasteiger partial charge in [-0.25, -0.2) is 19.0 Å². The smallest absolute Gasteiger partial charge is 0.409 e. The fourth-order valence-corrected chi connectivity index (χ4v) is 6.32. The number of benzene rings is 3. The Hall–Kier alpha value is -5.07. The van der Waals surface area contributed by atoms with Crippen molar-refractivity contribution in [3.63, 3.8) is 0 Å². The Bertz CT molecular complexity index is 1880. The fourth-order valence-electron chi connectivity index (χ4n) is 5.86. The quantitative estimate of drug-likeness (QED) is 0.150. The SMILES string of the molecule is CCOc1ncccc1-c1ccc(N2CCN(C(=O)Nc3ccc(Cl)cc3Cl)C[C@H]2CC)c(NC(=O)CCN(C)C(=O)OCc2ccccc2)c1F. The van der Waals surface area contributed by atoms with E-state index in [1.54, 1.807) is 53.6 Å². The third-order valence-electron chi connectivity index (χ3n) is 8.64. The number of carbonyl (C=O) groups is 3. The summed E-state index contributed by atoms with van der Waals surface area (Å²) >= 11 is 12.3. The number of ether oxygens (including phenoxy) is 2. The molecular weight excluding hydrogens is 710 g/mol. The first-order valence-corrected chi connectivity index (χ1v) is 17.7.